The molecule has 5 rings (SSSR count). The van der Waals surface area contributed by atoms with E-state index in [0.29, 0.717) is 39.8 Å². The highest BCUT2D eigenvalue weighted by atomic mass is 35.5. The van der Waals surface area contributed by atoms with Crippen LogP contribution in [0.2, 0.25) is 10.0 Å². The largest absolute Gasteiger partial charge is 0.344 e. The Balaban J connectivity index is 1.37. The van der Waals surface area contributed by atoms with Crippen LogP contribution in [0.3, 0.4) is 0 Å². The van der Waals surface area contributed by atoms with E-state index in [1.165, 1.54) is 4.90 Å². The van der Waals surface area contributed by atoms with Crippen LogP contribution >= 0.6 is 23.2 Å². The van der Waals surface area contributed by atoms with Crippen LogP contribution in [-0.2, 0) is 19.8 Å². The number of carbonyl (C=O) groups excluding carboxylic acids is 3. The van der Waals surface area contributed by atoms with Gasteiger partial charge in [0.1, 0.15) is 6.04 Å². The fourth-order valence-electron chi connectivity index (χ4n) is 4.72. The molecule has 9 heteroatoms. The Bertz CT molecular complexity index is 1450. The van der Waals surface area contributed by atoms with Crippen molar-refractivity contribution in [2.75, 3.05) is 11.9 Å². The smallest absolute Gasteiger partial charge is 0.272 e. The minimum atomic E-state index is -1.17. The molecule has 7 nitrogen and oxygen atoms in total. The fourth-order valence-corrected chi connectivity index (χ4v) is 5.31. The van der Waals surface area contributed by atoms with Gasteiger partial charge in [-0.3, -0.25) is 14.4 Å². The minimum Gasteiger partial charge on any atom is -0.344 e. The first kappa shape index (κ1) is 25.9. The number of aliphatic imine (C=N–C) groups is 1. The molecule has 0 aromatic heterocycles. The van der Waals surface area contributed by atoms with E-state index in [2.05, 4.69) is 10.6 Å². The summed E-state index contributed by atoms with van der Waals surface area (Å²) < 4.78 is 0. The molecule has 1 aliphatic carbocycles. The monoisotopic (exact) mass is 548 g/mol. The van der Waals surface area contributed by atoms with Crippen molar-refractivity contribution in [2.45, 2.75) is 37.4 Å². The number of fused-ring (bicyclic) bond motifs is 1. The lowest BCUT2D eigenvalue weighted by Crippen LogP contribution is -2.53. The molecule has 3 amide bonds. The van der Waals surface area contributed by atoms with E-state index in [0.717, 1.165) is 11.1 Å². The molecular formula is C29H26Cl2N4O3. The van der Waals surface area contributed by atoms with Crippen molar-refractivity contribution < 1.29 is 14.4 Å². The summed E-state index contributed by atoms with van der Waals surface area (Å²) in [5, 5.41) is 6.43. The summed E-state index contributed by atoms with van der Waals surface area (Å²) in [6, 6.07) is 21.1. The first-order valence-electron chi connectivity index (χ1n) is 12.3. The molecule has 0 radical (unpaired) electrons. The molecule has 1 heterocycles. The summed E-state index contributed by atoms with van der Waals surface area (Å²) >= 11 is 12.4. The van der Waals surface area contributed by atoms with Crippen molar-refractivity contribution >= 4 is 52.3 Å². The predicted molar refractivity (Wildman–Crippen MR) is 149 cm³/mol. The Morgan fingerprint density at radius 2 is 1.71 bits per heavy atom. The Morgan fingerprint density at radius 1 is 1.03 bits per heavy atom. The number of halogens is 2. The van der Waals surface area contributed by atoms with Crippen LogP contribution in [-0.4, -0.2) is 42.7 Å². The number of hydrogen-bond acceptors (Lipinski definition) is 4. The van der Waals surface area contributed by atoms with E-state index < -0.39 is 23.5 Å². The number of benzodiazepines with no additional fused rings is 1. The Kier molecular flexibility index (Phi) is 6.99. The van der Waals surface area contributed by atoms with Crippen LogP contribution in [0.15, 0.2) is 77.8 Å². The molecule has 194 valence electrons. The van der Waals surface area contributed by atoms with Gasteiger partial charge in [-0.05, 0) is 43.5 Å². The summed E-state index contributed by atoms with van der Waals surface area (Å²) in [6.45, 7) is 1.58. The molecular weight excluding hydrogens is 523 g/mol. The topological polar surface area (TPSA) is 90.9 Å². The van der Waals surface area contributed by atoms with Crippen molar-refractivity contribution in [3.05, 3.63) is 99.5 Å². The molecule has 2 N–H and O–H groups in total. The predicted octanol–water partition coefficient (Wildman–Crippen LogP) is 4.49. The number of nitrogens with one attached hydrogen (secondary N) is 2. The van der Waals surface area contributed by atoms with E-state index in [9.17, 15) is 14.4 Å². The molecule has 1 aliphatic heterocycles. The lowest BCUT2D eigenvalue weighted by molar-refractivity contribution is -0.131. The highest BCUT2D eigenvalue weighted by Gasteiger charge is 2.52. The van der Waals surface area contributed by atoms with Gasteiger partial charge in [-0.1, -0.05) is 77.8 Å². The fraction of sp³-hybridized carbons (Fsp3) is 0.241. The number of carbonyl (C=O) groups is 3. The Labute approximate surface area is 230 Å². The van der Waals surface area contributed by atoms with Crippen molar-refractivity contribution in [2.24, 2.45) is 4.99 Å². The molecule has 2 aliphatic rings. The lowest BCUT2D eigenvalue weighted by Gasteiger charge is -2.23. The van der Waals surface area contributed by atoms with E-state index in [1.807, 2.05) is 54.6 Å². The molecule has 3 aromatic carbocycles. The van der Waals surface area contributed by atoms with E-state index in [1.54, 1.807) is 32.2 Å². The standard InChI is InChI=1S/C29H26Cl2N4O3/c1-17(32-28(38)29(14-15-29)21-13-12-19(30)16-22(21)31)26(36)34-25-27(37)35(2)23-11-7-6-10-20(23)24(33-25)18-8-4-3-5-9-18/h3-13,16-17,25H,14-15H2,1-2H3,(H,32,38)(H,34,36)/t17-,25+/m0/s1. The average molecular weight is 549 g/mol. The van der Waals surface area contributed by atoms with Crippen molar-refractivity contribution in [3.63, 3.8) is 0 Å². The van der Waals surface area contributed by atoms with Crippen LogP contribution < -0.4 is 15.5 Å². The molecule has 0 saturated heterocycles. The Hall–Kier alpha value is -3.68. The number of likely N-dealkylation sites (N-methyl/N-ethyl adjacent to an activating group) is 1. The lowest BCUT2D eigenvalue weighted by atomic mass is 9.94. The summed E-state index contributed by atoms with van der Waals surface area (Å²) in [5.41, 5.74) is 2.77. The second kappa shape index (κ2) is 10.2. The number of benzene rings is 3. The van der Waals surface area contributed by atoms with Crippen molar-refractivity contribution in [3.8, 4) is 0 Å². The number of hydrogen-bond donors (Lipinski definition) is 2. The van der Waals surface area contributed by atoms with Crippen LogP contribution in [0.5, 0.6) is 0 Å². The number of amides is 3. The van der Waals surface area contributed by atoms with Crippen LogP contribution in [0.1, 0.15) is 36.5 Å². The second-order valence-corrected chi connectivity index (χ2v) is 10.4. The Morgan fingerprint density at radius 3 is 2.39 bits per heavy atom. The molecule has 0 spiro atoms. The SMILES string of the molecule is C[C@H](NC(=O)C1(c2ccc(Cl)cc2Cl)CC1)C(=O)N[C@H]1N=C(c2ccccc2)c2ccccc2N(C)C1=O. The molecule has 0 unspecified atom stereocenters. The summed E-state index contributed by atoms with van der Waals surface area (Å²) in [7, 11) is 1.65. The summed E-state index contributed by atoms with van der Waals surface area (Å²) in [4.78, 5) is 46.0. The second-order valence-electron chi connectivity index (χ2n) is 9.57. The molecule has 2 atom stereocenters. The molecule has 0 bridgehead atoms. The zero-order valence-electron chi connectivity index (χ0n) is 20.9. The van der Waals surface area contributed by atoms with Gasteiger partial charge in [0.2, 0.25) is 18.0 Å². The number of rotatable bonds is 6. The van der Waals surface area contributed by atoms with E-state index in [-0.39, 0.29) is 11.8 Å². The van der Waals surface area contributed by atoms with Crippen LogP contribution in [0.4, 0.5) is 5.69 Å². The minimum absolute atomic E-state index is 0.297. The third kappa shape index (κ3) is 4.79. The highest BCUT2D eigenvalue weighted by molar-refractivity contribution is 6.35. The normalized spacial score (nSPS) is 18.5. The van der Waals surface area contributed by atoms with Gasteiger partial charge in [-0.2, -0.15) is 0 Å². The average Bonchev–Trinajstić information content (AvgIpc) is 3.73. The van der Waals surface area contributed by atoms with Gasteiger partial charge < -0.3 is 15.5 Å². The quantitative estimate of drug-likeness (QED) is 0.475. The maximum absolute atomic E-state index is 13.4. The summed E-state index contributed by atoms with van der Waals surface area (Å²) in [6.07, 6.45) is 0.0578. The molecule has 38 heavy (non-hydrogen) atoms. The maximum Gasteiger partial charge on any atom is 0.272 e. The van der Waals surface area contributed by atoms with Gasteiger partial charge in [-0.25, -0.2) is 4.99 Å². The van der Waals surface area contributed by atoms with Gasteiger partial charge in [0, 0.05) is 28.2 Å². The van der Waals surface area contributed by atoms with Crippen molar-refractivity contribution in [1.82, 2.24) is 10.6 Å². The van der Waals surface area contributed by atoms with E-state index >= 15 is 0 Å². The number of nitrogens with zero attached hydrogens (tertiary/aromatic N) is 2. The summed E-state index contributed by atoms with van der Waals surface area (Å²) in [5.74, 6) is -1.21. The van der Waals surface area contributed by atoms with Crippen molar-refractivity contribution in [1.29, 1.82) is 0 Å². The van der Waals surface area contributed by atoms with Gasteiger partial charge in [0.25, 0.3) is 5.91 Å². The van der Waals surface area contributed by atoms with Gasteiger partial charge >= 0.3 is 0 Å². The van der Waals surface area contributed by atoms with Crippen LogP contribution in [0.25, 0.3) is 0 Å². The van der Waals surface area contributed by atoms with Crippen LogP contribution in [0, 0.1) is 0 Å². The zero-order chi connectivity index (χ0) is 27.0. The van der Waals surface area contributed by atoms with Gasteiger partial charge in [0.15, 0.2) is 0 Å². The maximum atomic E-state index is 13.4. The first-order chi connectivity index (χ1) is 18.2. The first-order valence-corrected chi connectivity index (χ1v) is 13.0. The van der Waals surface area contributed by atoms with Gasteiger partial charge in [0.05, 0.1) is 16.8 Å². The highest BCUT2D eigenvalue weighted by Crippen LogP contribution is 2.51. The number of para-hydroxylation sites is 1. The molecule has 1 saturated carbocycles. The molecule has 1 fully saturated rings. The third-order valence-electron chi connectivity index (χ3n) is 7.04. The zero-order valence-corrected chi connectivity index (χ0v) is 22.4. The third-order valence-corrected chi connectivity index (χ3v) is 7.59. The van der Waals surface area contributed by atoms with E-state index in [4.69, 9.17) is 28.2 Å². The molecule has 3 aromatic rings. The number of anilines is 1. The van der Waals surface area contributed by atoms with Gasteiger partial charge in [-0.15, -0.1) is 0 Å².